The van der Waals surface area contributed by atoms with Crippen LogP contribution in [0.3, 0.4) is 0 Å². The second kappa shape index (κ2) is 8.15. The number of anilines is 1. The molecule has 2 aromatic rings. The molecule has 0 radical (unpaired) electrons. The minimum atomic E-state index is 0.314. The van der Waals surface area contributed by atoms with Crippen LogP contribution in [0, 0.1) is 0 Å². The number of hydrogen-bond acceptors (Lipinski definition) is 3. The molecule has 0 aromatic heterocycles. The fourth-order valence-corrected chi connectivity index (χ4v) is 3.60. The van der Waals surface area contributed by atoms with Crippen molar-refractivity contribution >= 4 is 21.6 Å². The zero-order valence-corrected chi connectivity index (χ0v) is 16.1. The highest BCUT2D eigenvalue weighted by Crippen LogP contribution is 2.31. The van der Waals surface area contributed by atoms with E-state index in [1.54, 1.807) is 0 Å². The Bertz CT molecular complexity index is 629. The Hall–Kier alpha value is -1.36. The predicted octanol–water partition coefficient (Wildman–Crippen LogP) is 3.90. The highest BCUT2D eigenvalue weighted by Gasteiger charge is 2.23. The maximum Gasteiger partial charge on any atom is 0.0602 e. The fraction of sp³-hybridized carbons (Fsp3) is 0.400. The minimum Gasteiger partial charge on any atom is -0.378 e. The monoisotopic (exact) mass is 387 g/mol. The predicted molar refractivity (Wildman–Crippen MR) is 106 cm³/mol. The smallest absolute Gasteiger partial charge is 0.0602 e. The third-order valence-corrected chi connectivity index (χ3v) is 5.18. The third kappa shape index (κ3) is 4.18. The molecule has 0 bridgehead atoms. The van der Waals surface area contributed by atoms with Crippen molar-refractivity contribution in [1.82, 2.24) is 10.2 Å². The van der Waals surface area contributed by atoms with Gasteiger partial charge in [0.15, 0.2) is 0 Å². The van der Waals surface area contributed by atoms with Gasteiger partial charge in [-0.1, -0.05) is 40.2 Å². The summed E-state index contributed by atoms with van der Waals surface area (Å²) in [5.41, 5.74) is 3.97. The van der Waals surface area contributed by atoms with E-state index in [1.807, 2.05) is 0 Å². The van der Waals surface area contributed by atoms with Gasteiger partial charge in [0.25, 0.3) is 0 Å². The summed E-state index contributed by atoms with van der Waals surface area (Å²) in [6.07, 6.45) is 1.20. The van der Waals surface area contributed by atoms with Crippen molar-refractivity contribution in [3.05, 3.63) is 64.1 Å². The quantitative estimate of drug-likeness (QED) is 0.857. The summed E-state index contributed by atoms with van der Waals surface area (Å²) in [5, 5.41) is 3.51. The van der Waals surface area contributed by atoms with E-state index >= 15 is 0 Å². The van der Waals surface area contributed by atoms with Gasteiger partial charge in [-0.05, 0) is 48.4 Å². The van der Waals surface area contributed by atoms with Gasteiger partial charge in [0.1, 0.15) is 0 Å². The first-order valence-electron chi connectivity index (χ1n) is 8.62. The maximum atomic E-state index is 3.56. The lowest BCUT2D eigenvalue weighted by atomic mass is 9.96. The van der Waals surface area contributed by atoms with Crippen LogP contribution in [0.4, 0.5) is 5.69 Å². The standard InChI is InChI=1S/C20H26BrN3/c1-23(2)19-10-6-17(7-11-19)20(16-4-8-18(21)9-5-16)24-14-3-12-22-13-15-24/h4-11,20,22H,3,12-15H2,1-2H3. The van der Waals surface area contributed by atoms with E-state index < -0.39 is 0 Å². The molecule has 0 spiro atoms. The van der Waals surface area contributed by atoms with Crippen molar-refractivity contribution in [2.75, 3.05) is 45.2 Å². The largest absolute Gasteiger partial charge is 0.378 e. The molecule has 24 heavy (non-hydrogen) atoms. The van der Waals surface area contributed by atoms with Crippen molar-refractivity contribution in [3.63, 3.8) is 0 Å². The summed E-state index contributed by atoms with van der Waals surface area (Å²) >= 11 is 3.56. The van der Waals surface area contributed by atoms with E-state index in [9.17, 15) is 0 Å². The molecule has 3 nitrogen and oxygen atoms in total. The minimum absolute atomic E-state index is 0.314. The molecule has 4 heteroatoms. The van der Waals surface area contributed by atoms with E-state index in [2.05, 4.69) is 93.7 Å². The van der Waals surface area contributed by atoms with E-state index in [-0.39, 0.29) is 0 Å². The van der Waals surface area contributed by atoms with E-state index in [4.69, 9.17) is 0 Å². The summed E-state index contributed by atoms with van der Waals surface area (Å²) in [6, 6.07) is 18.1. The van der Waals surface area contributed by atoms with Crippen LogP contribution in [-0.4, -0.2) is 45.2 Å². The Labute approximate surface area is 153 Å². The van der Waals surface area contributed by atoms with Crippen molar-refractivity contribution in [3.8, 4) is 0 Å². The molecule has 1 aliphatic heterocycles. The van der Waals surface area contributed by atoms with Crippen molar-refractivity contribution < 1.29 is 0 Å². The molecule has 1 fully saturated rings. The van der Waals surface area contributed by atoms with Crippen LogP contribution >= 0.6 is 15.9 Å². The van der Waals surface area contributed by atoms with Gasteiger partial charge in [-0.15, -0.1) is 0 Å². The van der Waals surface area contributed by atoms with Crippen LogP contribution in [0.15, 0.2) is 53.0 Å². The van der Waals surface area contributed by atoms with E-state index in [0.29, 0.717) is 6.04 Å². The molecular weight excluding hydrogens is 362 g/mol. The average molecular weight is 388 g/mol. The topological polar surface area (TPSA) is 18.5 Å². The molecule has 0 saturated carbocycles. The van der Waals surface area contributed by atoms with Crippen molar-refractivity contribution in [2.24, 2.45) is 0 Å². The number of rotatable bonds is 4. The number of nitrogens with one attached hydrogen (secondary N) is 1. The van der Waals surface area contributed by atoms with E-state index in [1.165, 1.54) is 23.2 Å². The van der Waals surface area contributed by atoms with Crippen LogP contribution in [0.1, 0.15) is 23.6 Å². The molecule has 128 valence electrons. The number of nitrogens with zero attached hydrogens (tertiary/aromatic N) is 2. The van der Waals surface area contributed by atoms with Crippen molar-refractivity contribution in [1.29, 1.82) is 0 Å². The lowest BCUT2D eigenvalue weighted by Gasteiger charge is -2.31. The highest BCUT2D eigenvalue weighted by molar-refractivity contribution is 9.10. The summed E-state index contributed by atoms with van der Waals surface area (Å²) in [6.45, 7) is 4.38. The molecule has 0 amide bonds. The molecule has 1 N–H and O–H groups in total. The summed E-state index contributed by atoms with van der Waals surface area (Å²) < 4.78 is 1.13. The molecule has 1 aliphatic rings. The van der Waals surface area contributed by atoms with Crippen LogP contribution in [0.2, 0.25) is 0 Å². The Morgan fingerprint density at radius 2 is 1.54 bits per heavy atom. The molecule has 2 aromatic carbocycles. The molecule has 1 heterocycles. The number of halogens is 1. The Morgan fingerprint density at radius 1 is 0.917 bits per heavy atom. The zero-order chi connectivity index (χ0) is 16.9. The summed E-state index contributed by atoms with van der Waals surface area (Å²) in [4.78, 5) is 4.75. The van der Waals surface area contributed by atoms with E-state index in [0.717, 1.165) is 30.7 Å². The highest BCUT2D eigenvalue weighted by atomic mass is 79.9. The number of hydrogen-bond donors (Lipinski definition) is 1. The fourth-order valence-electron chi connectivity index (χ4n) is 3.34. The second-order valence-electron chi connectivity index (χ2n) is 6.58. The lowest BCUT2D eigenvalue weighted by Crippen LogP contribution is -2.33. The molecule has 0 aliphatic carbocycles. The lowest BCUT2D eigenvalue weighted by molar-refractivity contribution is 0.241. The molecule has 1 unspecified atom stereocenters. The first kappa shape index (κ1) is 17.5. The molecule has 1 saturated heterocycles. The van der Waals surface area contributed by atoms with Gasteiger partial charge in [0.05, 0.1) is 6.04 Å². The Kier molecular flexibility index (Phi) is 5.93. The average Bonchev–Trinajstić information content (AvgIpc) is 2.87. The summed E-state index contributed by atoms with van der Waals surface area (Å²) in [7, 11) is 4.17. The van der Waals surface area contributed by atoms with Crippen LogP contribution < -0.4 is 10.2 Å². The third-order valence-electron chi connectivity index (χ3n) is 4.65. The van der Waals surface area contributed by atoms with Crippen LogP contribution in [0.5, 0.6) is 0 Å². The van der Waals surface area contributed by atoms with Gasteiger partial charge in [0.2, 0.25) is 0 Å². The van der Waals surface area contributed by atoms with Gasteiger partial charge in [-0.25, -0.2) is 0 Å². The van der Waals surface area contributed by atoms with Gasteiger partial charge in [-0.2, -0.15) is 0 Å². The molecular formula is C20H26BrN3. The normalized spacial score (nSPS) is 17.3. The summed E-state index contributed by atoms with van der Waals surface area (Å²) in [5.74, 6) is 0. The number of benzene rings is 2. The van der Waals surface area contributed by atoms with Gasteiger partial charge in [-0.3, -0.25) is 4.90 Å². The molecule has 1 atom stereocenters. The van der Waals surface area contributed by atoms with Crippen LogP contribution in [0.25, 0.3) is 0 Å². The maximum absolute atomic E-state index is 3.56. The Balaban J connectivity index is 1.95. The SMILES string of the molecule is CN(C)c1ccc(C(c2ccc(Br)cc2)N2CCCNCC2)cc1. The zero-order valence-electron chi connectivity index (χ0n) is 14.5. The second-order valence-corrected chi connectivity index (χ2v) is 7.50. The van der Waals surface area contributed by atoms with Gasteiger partial charge in [0, 0.05) is 43.9 Å². The van der Waals surface area contributed by atoms with Crippen LogP contribution in [-0.2, 0) is 0 Å². The molecule has 3 rings (SSSR count). The first-order valence-corrected chi connectivity index (χ1v) is 9.42. The Morgan fingerprint density at radius 3 is 2.17 bits per heavy atom. The first-order chi connectivity index (χ1) is 11.6. The van der Waals surface area contributed by atoms with Gasteiger partial charge < -0.3 is 10.2 Å². The van der Waals surface area contributed by atoms with Crippen molar-refractivity contribution in [2.45, 2.75) is 12.5 Å². The van der Waals surface area contributed by atoms with Gasteiger partial charge >= 0.3 is 0 Å².